The average Bonchev–Trinajstić information content (AvgIpc) is 3.19. The quantitative estimate of drug-likeness (QED) is 0.295. The van der Waals surface area contributed by atoms with E-state index in [-0.39, 0.29) is 24.2 Å². The Bertz CT molecular complexity index is 1340. The minimum absolute atomic E-state index is 0. The van der Waals surface area contributed by atoms with E-state index >= 15 is 0 Å². The van der Waals surface area contributed by atoms with Gasteiger partial charge in [-0.25, -0.2) is 13.5 Å². The summed E-state index contributed by atoms with van der Waals surface area (Å²) in [5, 5.41) is 8.42. The van der Waals surface area contributed by atoms with Crippen molar-refractivity contribution >= 4 is 28.4 Å². The summed E-state index contributed by atoms with van der Waals surface area (Å²) in [7, 11) is 0. The maximum Gasteiger partial charge on any atom is 0.225 e. The van der Waals surface area contributed by atoms with Crippen LogP contribution in [0.3, 0.4) is 0 Å². The fourth-order valence-corrected chi connectivity index (χ4v) is 3.95. The first kappa shape index (κ1) is 27.1. The molecule has 0 saturated heterocycles. The van der Waals surface area contributed by atoms with Gasteiger partial charge in [0.05, 0.1) is 23.4 Å². The molecule has 1 N–H and O–H groups in total. The molecule has 2 atom stereocenters. The van der Waals surface area contributed by atoms with Crippen LogP contribution in [0.5, 0.6) is 5.75 Å². The predicted octanol–water partition coefficient (Wildman–Crippen LogP) is 7.26. The Morgan fingerprint density at radius 1 is 1.03 bits per heavy atom. The van der Waals surface area contributed by atoms with Gasteiger partial charge < -0.3 is 10.1 Å². The number of rotatable bonds is 6. The number of fused-ring (bicyclic) bond motifs is 1. The minimum atomic E-state index is -0.709. The molecular formula is C28H30ClF2N3O2. The first-order chi connectivity index (χ1) is 16.5. The lowest BCUT2D eigenvalue weighted by Gasteiger charge is -2.29. The Morgan fingerprint density at radius 3 is 2.36 bits per heavy atom. The number of amides is 1. The fourth-order valence-electron chi connectivity index (χ4n) is 3.72. The van der Waals surface area contributed by atoms with Crippen LogP contribution in [-0.4, -0.2) is 21.7 Å². The Hall–Kier alpha value is -3.45. The molecule has 0 unspecified atom stereocenters. The monoisotopic (exact) mass is 513 g/mol. The molecule has 0 radical (unpaired) electrons. The number of aromatic nitrogens is 2. The van der Waals surface area contributed by atoms with Crippen molar-refractivity contribution < 1.29 is 18.3 Å². The van der Waals surface area contributed by atoms with E-state index in [1.807, 2.05) is 32.9 Å². The Morgan fingerprint density at radius 2 is 1.72 bits per heavy atom. The topological polar surface area (TPSA) is 56.1 Å². The molecule has 5 nitrogen and oxygen atoms in total. The van der Waals surface area contributed by atoms with Crippen molar-refractivity contribution in [2.45, 2.75) is 47.3 Å². The van der Waals surface area contributed by atoms with Gasteiger partial charge in [0.15, 0.2) is 0 Å². The van der Waals surface area contributed by atoms with E-state index in [0.29, 0.717) is 11.3 Å². The Labute approximate surface area is 215 Å². The highest BCUT2D eigenvalue weighted by molar-refractivity contribution is 6.30. The van der Waals surface area contributed by atoms with Crippen molar-refractivity contribution in [2.75, 3.05) is 0 Å². The van der Waals surface area contributed by atoms with Crippen molar-refractivity contribution in [2.24, 2.45) is 5.41 Å². The van der Waals surface area contributed by atoms with E-state index in [1.54, 1.807) is 42.1 Å². The number of hydrogen-bond donors (Lipinski definition) is 1. The predicted molar refractivity (Wildman–Crippen MR) is 140 cm³/mol. The van der Waals surface area contributed by atoms with Crippen LogP contribution in [0.25, 0.3) is 16.6 Å². The minimum Gasteiger partial charge on any atom is -0.484 e. The second-order valence-corrected chi connectivity index (χ2v) is 9.94. The summed E-state index contributed by atoms with van der Waals surface area (Å²) in [6.07, 6.45) is 0.976. The lowest BCUT2D eigenvalue weighted by Crippen LogP contribution is -2.44. The summed E-state index contributed by atoms with van der Waals surface area (Å²) in [6.45, 7) is 7.25. The smallest absolute Gasteiger partial charge is 0.225 e. The van der Waals surface area contributed by atoms with Crippen LogP contribution in [0.2, 0.25) is 5.02 Å². The highest BCUT2D eigenvalue weighted by atomic mass is 35.5. The van der Waals surface area contributed by atoms with E-state index in [0.717, 1.165) is 16.6 Å². The largest absolute Gasteiger partial charge is 0.484 e. The number of nitrogens with one attached hydrogen (secondary N) is 1. The molecule has 0 bridgehead atoms. The highest BCUT2D eigenvalue weighted by Gasteiger charge is 2.29. The molecule has 1 aromatic heterocycles. The van der Waals surface area contributed by atoms with Crippen molar-refractivity contribution in [1.82, 2.24) is 15.1 Å². The molecule has 8 heteroatoms. The maximum atomic E-state index is 14.2. The number of hydrogen-bond acceptors (Lipinski definition) is 3. The molecule has 4 aromatic rings. The van der Waals surface area contributed by atoms with Crippen LogP contribution < -0.4 is 10.1 Å². The lowest BCUT2D eigenvalue weighted by atomic mass is 9.94. The average molecular weight is 514 g/mol. The summed E-state index contributed by atoms with van der Waals surface area (Å²) in [5.41, 5.74) is 1.43. The van der Waals surface area contributed by atoms with Crippen molar-refractivity contribution in [1.29, 1.82) is 0 Å². The van der Waals surface area contributed by atoms with Gasteiger partial charge in [0, 0.05) is 15.8 Å². The van der Waals surface area contributed by atoms with Crippen LogP contribution in [0.1, 0.15) is 46.8 Å². The van der Waals surface area contributed by atoms with E-state index in [2.05, 4.69) is 10.4 Å². The van der Waals surface area contributed by atoms with Crippen LogP contribution in [0, 0.1) is 17.0 Å². The molecule has 190 valence electrons. The van der Waals surface area contributed by atoms with Crippen molar-refractivity contribution in [3.63, 3.8) is 0 Å². The molecule has 0 saturated carbocycles. The van der Waals surface area contributed by atoms with Gasteiger partial charge >= 0.3 is 0 Å². The lowest BCUT2D eigenvalue weighted by molar-refractivity contribution is -0.129. The second kappa shape index (κ2) is 10.7. The Balaban J connectivity index is 0.00000361. The zero-order chi connectivity index (χ0) is 25.3. The number of halogens is 3. The van der Waals surface area contributed by atoms with Crippen molar-refractivity contribution in [3.05, 3.63) is 89.1 Å². The van der Waals surface area contributed by atoms with Gasteiger partial charge in [-0.2, -0.15) is 5.10 Å². The molecule has 0 aliphatic heterocycles. The zero-order valence-corrected chi connectivity index (χ0v) is 20.6. The number of carbonyl (C=O) groups excluding carboxylic acids is 1. The van der Waals surface area contributed by atoms with Gasteiger partial charge in [-0.15, -0.1) is 0 Å². The first-order valence-corrected chi connectivity index (χ1v) is 11.6. The maximum absolute atomic E-state index is 14.2. The molecule has 36 heavy (non-hydrogen) atoms. The molecular weight excluding hydrogens is 484 g/mol. The molecule has 4 rings (SSSR count). The normalized spacial score (nSPS) is 13.1. The molecule has 0 fully saturated rings. The summed E-state index contributed by atoms with van der Waals surface area (Å²) in [5.74, 6) is -0.459. The zero-order valence-electron chi connectivity index (χ0n) is 19.9. The van der Waals surface area contributed by atoms with E-state index < -0.39 is 23.4 Å². The van der Waals surface area contributed by atoms with Gasteiger partial charge in [-0.1, -0.05) is 39.8 Å². The van der Waals surface area contributed by atoms with Crippen LogP contribution in [0.4, 0.5) is 8.78 Å². The molecule has 3 aromatic carbocycles. The first-order valence-electron chi connectivity index (χ1n) is 11.2. The fraction of sp³-hybridized carbons (Fsp3) is 0.286. The highest BCUT2D eigenvalue weighted by Crippen LogP contribution is 2.31. The number of benzene rings is 3. The van der Waals surface area contributed by atoms with Gasteiger partial charge in [0.25, 0.3) is 0 Å². The second-order valence-electron chi connectivity index (χ2n) is 9.51. The number of nitrogens with zero attached hydrogens (tertiary/aromatic N) is 2. The SMILES string of the molecule is C.C[C@H](NC(=O)C(C)(C)C)[C@H](Oc1ccc2c(cnn2-c2ccc(F)cc2)c1)c1cc(F)cc(Cl)c1. The third-order valence-electron chi connectivity index (χ3n) is 5.58. The standard InChI is InChI=1S/C27H26ClF2N3O2.CH4/c1-16(32-26(34)27(2,3)4)25(17-11-19(28)14-21(30)12-17)35-23-9-10-24-18(13-23)15-31-33(24)22-7-5-20(29)6-8-22;/h5-16,25H,1-4H3,(H,32,34);1H4/t16-,25-;/m0./s1. The van der Waals surface area contributed by atoms with Crippen LogP contribution in [0.15, 0.2) is 66.9 Å². The molecule has 0 aliphatic rings. The third kappa shape index (κ3) is 6.02. The summed E-state index contributed by atoms with van der Waals surface area (Å²) < 4.78 is 35.5. The molecule has 1 heterocycles. The summed E-state index contributed by atoms with van der Waals surface area (Å²) >= 11 is 6.11. The number of carbonyl (C=O) groups is 1. The van der Waals surface area contributed by atoms with E-state index in [4.69, 9.17) is 16.3 Å². The van der Waals surface area contributed by atoms with Crippen LogP contribution >= 0.6 is 11.6 Å². The molecule has 0 aliphatic carbocycles. The number of ether oxygens (including phenoxy) is 1. The van der Waals surface area contributed by atoms with Gasteiger partial charge in [0.2, 0.25) is 5.91 Å². The van der Waals surface area contributed by atoms with E-state index in [1.165, 1.54) is 24.3 Å². The van der Waals surface area contributed by atoms with Gasteiger partial charge in [-0.3, -0.25) is 4.79 Å². The third-order valence-corrected chi connectivity index (χ3v) is 5.80. The van der Waals surface area contributed by atoms with E-state index in [9.17, 15) is 13.6 Å². The van der Waals surface area contributed by atoms with Crippen molar-refractivity contribution in [3.8, 4) is 11.4 Å². The van der Waals surface area contributed by atoms with Gasteiger partial charge in [-0.05, 0) is 73.2 Å². The summed E-state index contributed by atoms with van der Waals surface area (Å²) in [6, 6.07) is 15.2. The molecule has 1 amide bonds. The Kier molecular flexibility index (Phi) is 8.04. The van der Waals surface area contributed by atoms with Crippen LogP contribution in [-0.2, 0) is 4.79 Å². The summed E-state index contributed by atoms with van der Waals surface area (Å²) in [4.78, 5) is 12.6. The molecule has 0 spiro atoms. The van der Waals surface area contributed by atoms with Gasteiger partial charge in [0.1, 0.15) is 23.5 Å².